The van der Waals surface area contributed by atoms with E-state index in [9.17, 15) is 9.59 Å². The van der Waals surface area contributed by atoms with Crippen LogP contribution in [0.4, 0.5) is 0 Å². The maximum absolute atomic E-state index is 12.9. The van der Waals surface area contributed by atoms with Crippen LogP contribution < -0.4 is 28.4 Å². The number of unbranched alkanes of at least 4 members (excludes halogenated alkanes) is 8. The first-order chi connectivity index (χ1) is 21.4. The summed E-state index contributed by atoms with van der Waals surface area (Å²) < 4.78 is 31.8. The summed E-state index contributed by atoms with van der Waals surface area (Å²) in [6.07, 6.45) is 9.01. The lowest BCUT2D eigenvalue weighted by molar-refractivity contribution is -0.421. The summed E-state index contributed by atoms with van der Waals surface area (Å²) in [5.41, 5.74) is 0.159. The molecule has 0 atom stereocenters. The lowest BCUT2D eigenvalue weighted by Crippen LogP contribution is -2.22. The zero-order valence-corrected chi connectivity index (χ0v) is 26.9. The van der Waals surface area contributed by atoms with Gasteiger partial charge < -0.3 is 28.4 Å². The predicted molar refractivity (Wildman–Crippen MR) is 161 cm³/mol. The van der Waals surface area contributed by atoms with Crippen molar-refractivity contribution in [3.63, 3.8) is 0 Å². The van der Waals surface area contributed by atoms with Gasteiger partial charge in [-0.3, -0.25) is 9.78 Å². The molecule has 44 heavy (non-hydrogen) atoms. The number of hydrogen-bond donors (Lipinski definition) is 0. The molecule has 246 valence electrons. The molecule has 0 unspecified atom stereocenters. The van der Waals surface area contributed by atoms with Crippen molar-refractivity contribution in [2.75, 3.05) is 42.7 Å². The van der Waals surface area contributed by atoms with E-state index >= 15 is 0 Å². The molecule has 0 fully saturated rings. The summed E-state index contributed by atoms with van der Waals surface area (Å²) >= 11 is 0. The number of methoxy groups -OCH3 is 6. The molecule has 0 heterocycles. The van der Waals surface area contributed by atoms with Crippen LogP contribution in [0.25, 0.3) is 0 Å². The third-order valence-electron chi connectivity index (χ3n) is 6.81. The molecule has 12 heteroatoms. The molecule has 0 N–H and O–H groups in total. The normalized spacial score (nSPS) is 10.7. The summed E-state index contributed by atoms with van der Waals surface area (Å²) in [6.45, 7) is 2.20. The van der Waals surface area contributed by atoms with E-state index in [0.717, 1.165) is 19.3 Å². The standard InChI is InChI=1S/C32H46O12/c1-8-9-10-11-12-13-14-15-16-17-28(41-43-31(33)22-18-24(35-2)29(39-6)25(19-22)36-3)42-44-32(34)23-20-26(37-4)30(40-7)27(21-23)38-5/h18-21,28H,8-17H2,1-7H3. The second-order valence-corrected chi connectivity index (χ2v) is 9.81. The van der Waals surface area contributed by atoms with Crippen molar-refractivity contribution in [2.24, 2.45) is 0 Å². The zero-order chi connectivity index (χ0) is 32.3. The van der Waals surface area contributed by atoms with Crippen molar-refractivity contribution in [2.45, 2.75) is 77.4 Å². The van der Waals surface area contributed by atoms with Crippen LogP contribution in [0.1, 0.15) is 91.8 Å². The number of benzene rings is 2. The summed E-state index contributed by atoms with van der Waals surface area (Å²) in [6, 6.07) is 5.70. The smallest absolute Gasteiger partial charge is 0.373 e. The molecule has 0 saturated carbocycles. The van der Waals surface area contributed by atoms with E-state index in [1.54, 1.807) is 0 Å². The van der Waals surface area contributed by atoms with Gasteiger partial charge >= 0.3 is 11.9 Å². The lowest BCUT2D eigenvalue weighted by Gasteiger charge is -2.17. The maximum Gasteiger partial charge on any atom is 0.373 e. The Morgan fingerprint density at radius 3 is 1.18 bits per heavy atom. The van der Waals surface area contributed by atoms with Gasteiger partial charge in [-0.15, -0.1) is 9.78 Å². The van der Waals surface area contributed by atoms with Gasteiger partial charge in [0.2, 0.25) is 17.8 Å². The van der Waals surface area contributed by atoms with Crippen LogP contribution in [0.5, 0.6) is 34.5 Å². The predicted octanol–water partition coefficient (Wildman–Crippen LogP) is 6.86. The molecule has 2 rings (SSSR count). The van der Waals surface area contributed by atoms with Crippen molar-refractivity contribution in [3.8, 4) is 34.5 Å². The van der Waals surface area contributed by atoms with Gasteiger partial charge in [0.05, 0.1) is 53.8 Å². The van der Waals surface area contributed by atoms with Crippen molar-refractivity contribution >= 4 is 11.9 Å². The maximum atomic E-state index is 12.9. The van der Waals surface area contributed by atoms with E-state index in [4.69, 9.17) is 48.0 Å². The van der Waals surface area contributed by atoms with Gasteiger partial charge in [0, 0.05) is 6.42 Å². The largest absolute Gasteiger partial charge is 0.493 e. The van der Waals surface area contributed by atoms with Crippen LogP contribution in [-0.4, -0.2) is 60.9 Å². The molecule has 0 aromatic heterocycles. The molecule has 0 aliphatic carbocycles. The van der Waals surface area contributed by atoms with Crippen LogP contribution in [0.3, 0.4) is 0 Å². The number of ether oxygens (including phenoxy) is 6. The molecule has 2 aromatic rings. The third-order valence-corrected chi connectivity index (χ3v) is 6.81. The Morgan fingerprint density at radius 2 is 0.864 bits per heavy atom. The Labute approximate surface area is 259 Å². The highest BCUT2D eigenvalue weighted by molar-refractivity contribution is 5.91. The van der Waals surface area contributed by atoms with Crippen LogP contribution in [0, 0.1) is 0 Å². The number of rotatable bonds is 22. The van der Waals surface area contributed by atoms with Gasteiger partial charge in [-0.2, -0.15) is 0 Å². The van der Waals surface area contributed by atoms with E-state index in [1.807, 2.05) is 0 Å². The van der Waals surface area contributed by atoms with Gasteiger partial charge in [0.25, 0.3) is 0 Å². The monoisotopic (exact) mass is 622 g/mol. The second kappa shape index (κ2) is 20.1. The minimum atomic E-state index is -1.20. The van der Waals surface area contributed by atoms with Crippen molar-refractivity contribution < 1.29 is 57.6 Å². The minimum absolute atomic E-state index is 0.0794. The lowest BCUT2D eigenvalue weighted by atomic mass is 10.1. The quantitative estimate of drug-likeness (QED) is 0.0589. The fraction of sp³-hybridized carbons (Fsp3) is 0.562. The molecule has 0 amide bonds. The SMILES string of the molecule is CCCCCCCCCCCC(OOC(=O)c1cc(OC)c(OC)c(OC)c1)OOC(=O)c1cc(OC)c(OC)c(OC)c1. The van der Waals surface area contributed by atoms with Crippen LogP contribution in [0.15, 0.2) is 24.3 Å². The van der Waals surface area contributed by atoms with E-state index in [2.05, 4.69) is 6.92 Å². The van der Waals surface area contributed by atoms with Crippen molar-refractivity contribution in [3.05, 3.63) is 35.4 Å². The number of carbonyl (C=O) groups excluding carboxylic acids is 2. The second-order valence-electron chi connectivity index (χ2n) is 9.81. The fourth-order valence-electron chi connectivity index (χ4n) is 4.42. The fourth-order valence-corrected chi connectivity index (χ4v) is 4.42. The Bertz CT molecular complexity index is 1040. The zero-order valence-electron chi connectivity index (χ0n) is 26.9. The molecule has 0 spiro atoms. The highest BCUT2D eigenvalue weighted by atomic mass is 17.3. The molecule has 0 aliphatic rings. The Hall–Kier alpha value is -3.90. The summed E-state index contributed by atoms with van der Waals surface area (Å²) in [5, 5.41) is 0. The first-order valence-electron chi connectivity index (χ1n) is 14.7. The van der Waals surface area contributed by atoms with E-state index < -0.39 is 18.2 Å². The van der Waals surface area contributed by atoms with E-state index in [1.165, 1.54) is 99.0 Å². The van der Waals surface area contributed by atoms with Crippen molar-refractivity contribution in [1.82, 2.24) is 0 Å². The Morgan fingerprint density at radius 1 is 0.523 bits per heavy atom. The minimum Gasteiger partial charge on any atom is -0.493 e. The molecule has 0 aliphatic heterocycles. The van der Waals surface area contributed by atoms with Crippen LogP contribution in [0.2, 0.25) is 0 Å². The van der Waals surface area contributed by atoms with Crippen LogP contribution in [-0.2, 0) is 19.6 Å². The molecule has 0 saturated heterocycles. The summed E-state index contributed by atoms with van der Waals surface area (Å²) in [4.78, 5) is 46.5. The highest BCUT2D eigenvalue weighted by Crippen LogP contribution is 2.39. The molecule has 0 bridgehead atoms. The number of carbonyl (C=O) groups is 2. The Kier molecular flexibility index (Phi) is 16.6. The van der Waals surface area contributed by atoms with Crippen LogP contribution >= 0.6 is 0 Å². The average molecular weight is 623 g/mol. The molecular weight excluding hydrogens is 576 g/mol. The van der Waals surface area contributed by atoms with Gasteiger partial charge in [0.15, 0.2) is 23.0 Å². The topological polar surface area (TPSA) is 126 Å². The number of hydrogen-bond acceptors (Lipinski definition) is 12. The first kappa shape index (κ1) is 36.3. The van der Waals surface area contributed by atoms with Gasteiger partial charge in [0.1, 0.15) is 0 Å². The molecule has 2 aromatic carbocycles. The molecule has 12 nitrogen and oxygen atoms in total. The van der Waals surface area contributed by atoms with Gasteiger partial charge in [-0.1, -0.05) is 58.3 Å². The van der Waals surface area contributed by atoms with Gasteiger partial charge in [-0.25, -0.2) is 9.59 Å². The first-order valence-corrected chi connectivity index (χ1v) is 14.7. The highest BCUT2D eigenvalue weighted by Gasteiger charge is 2.24. The van der Waals surface area contributed by atoms with E-state index in [-0.39, 0.29) is 34.1 Å². The van der Waals surface area contributed by atoms with E-state index in [0.29, 0.717) is 24.3 Å². The molecular formula is C32H46O12. The third kappa shape index (κ3) is 11.0. The average Bonchev–Trinajstić information content (AvgIpc) is 3.06. The summed E-state index contributed by atoms with van der Waals surface area (Å²) in [5.74, 6) is -0.000413. The van der Waals surface area contributed by atoms with Gasteiger partial charge in [-0.05, 0) is 30.7 Å². The Balaban J connectivity index is 2.08. The molecule has 0 radical (unpaired) electrons. The summed E-state index contributed by atoms with van der Waals surface area (Å²) in [7, 11) is 8.63. The van der Waals surface area contributed by atoms with Crippen molar-refractivity contribution in [1.29, 1.82) is 0 Å².